The van der Waals surface area contributed by atoms with Gasteiger partial charge in [-0.15, -0.1) is 24.8 Å². The molecule has 0 aromatic heterocycles. The van der Waals surface area contributed by atoms with Gasteiger partial charge in [0.15, 0.2) is 0 Å². The lowest BCUT2D eigenvalue weighted by Gasteiger charge is -2.31. The SMILES string of the molecule is CN(C)CCC1CCNC(CCOc2ccc(Cl)cc2)C1.Cl.Cl. The molecule has 1 N–H and O–H groups in total. The van der Waals surface area contributed by atoms with Crippen molar-refractivity contribution in [2.75, 3.05) is 33.8 Å². The molecule has 1 aromatic rings. The number of hydrogen-bond acceptors (Lipinski definition) is 3. The molecular weight excluding hydrogens is 355 g/mol. The third-order valence-electron chi connectivity index (χ3n) is 4.14. The van der Waals surface area contributed by atoms with Crippen LogP contribution in [0.2, 0.25) is 5.02 Å². The normalized spacial score (nSPS) is 20.5. The van der Waals surface area contributed by atoms with Crippen LogP contribution in [0.5, 0.6) is 5.75 Å². The standard InChI is InChI=1S/C17H27ClN2O.2ClH/c1-20(2)11-8-14-7-10-19-16(13-14)9-12-21-17-5-3-15(18)4-6-17;;/h3-6,14,16,19H,7-13H2,1-2H3;2*1H. The molecule has 1 aromatic carbocycles. The van der Waals surface area contributed by atoms with Crippen LogP contribution in [0.1, 0.15) is 25.7 Å². The molecule has 1 fully saturated rings. The van der Waals surface area contributed by atoms with Gasteiger partial charge in [0, 0.05) is 11.1 Å². The number of piperidine rings is 1. The minimum Gasteiger partial charge on any atom is -0.494 e. The molecule has 0 spiro atoms. The molecule has 0 radical (unpaired) electrons. The maximum absolute atomic E-state index is 5.87. The van der Waals surface area contributed by atoms with E-state index in [-0.39, 0.29) is 24.8 Å². The zero-order valence-corrected chi connectivity index (χ0v) is 16.4. The molecule has 2 atom stereocenters. The van der Waals surface area contributed by atoms with E-state index in [0.717, 1.165) is 36.3 Å². The smallest absolute Gasteiger partial charge is 0.119 e. The highest BCUT2D eigenvalue weighted by atomic mass is 35.5. The Balaban J connectivity index is 0.00000242. The Labute approximate surface area is 157 Å². The minimum atomic E-state index is 0. The molecule has 0 aliphatic carbocycles. The van der Waals surface area contributed by atoms with Crippen molar-refractivity contribution in [3.05, 3.63) is 29.3 Å². The van der Waals surface area contributed by atoms with Gasteiger partial charge in [0.25, 0.3) is 0 Å². The Morgan fingerprint density at radius 1 is 1.17 bits per heavy atom. The number of nitrogens with zero attached hydrogens (tertiary/aromatic N) is 1. The van der Waals surface area contributed by atoms with Gasteiger partial charge in [0.1, 0.15) is 5.75 Å². The van der Waals surface area contributed by atoms with Crippen molar-refractivity contribution in [2.45, 2.75) is 31.7 Å². The lowest BCUT2D eigenvalue weighted by molar-refractivity contribution is 0.222. The quantitative estimate of drug-likeness (QED) is 0.761. The molecule has 134 valence electrons. The highest BCUT2D eigenvalue weighted by molar-refractivity contribution is 6.30. The van der Waals surface area contributed by atoms with Gasteiger partial charge in [-0.1, -0.05) is 11.6 Å². The van der Waals surface area contributed by atoms with Gasteiger partial charge in [-0.05, 0) is 83.1 Å². The average molecular weight is 384 g/mol. The second-order valence-electron chi connectivity index (χ2n) is 6.22. The number of ether oxygens (including phenoxy) is 1. The maximum Gasteiger partial charge on any atom is 0.119 e. The Hall–Kier alpha value is -0.190. The van der Waals surface area contributed by atoms with E-state index in [9.17, 15) is 0 Å². The zero-order valence-electron chi connectivity index (χ0n) is 14.0. The van der Waals surface area contributed by atoms with Crippen molar-refractivity contribution in [2.24, 2.45) is 5.92 Å². The van der Waals surface area contributed by atoms with Crippen molar-refractivity contribution in [1.82, 2.24) is 10.2 Å². The van der Waals surface area contributed by atoms with Crippen LogP contribution in [0, 0.1) is 5.92 Å². The van der Waals surface area contributed by atoms with E-state index in [4.69, 9.17) is 16.3 Å². The zero-order chi connectivity index (χ0) is 15.1. The summed E-state index contributed by atoms with van der Waals surface area (Å²) in [7, 11) is 4.30. The molecule has 2 rings (SSSR count). The fraction of sp³-hybridized carbons (Fsp3) is 0.647. The lowest BCUT2D eigenvalue weighted by atomic mass is 9.88. The number of benzene rings is 1. The van der Waals surface area contributed by atoms with E-state index in [1.54, 1.807) is 0 Å². The van der Waals surface area contributed by atoms with E-state index in [1.165, 1.54) is 25.8 Å². The largest absolute Gasteiger partial charge is 0.494 e. The second kappa shape index (κ2) is 12.2. The first-order chi connectivity index (χ1) is 10.1. The third-order valence-corrected chi connectivity index (χ3v) is 4.39. The molecule has 0 bridgehead atoms. The Morgan fingerprint density at radius 3 is 2.52 bits per heavy atom. The average Bonchev–Trinajstić information content (AvgIpc) is 2.48. The molecule has 23 heavy (non-hydrogen) atoms. The number of hydrogen-bond donors (Lipinski definition) is 1. The number of rotatable bonds is 7. The van der Waals surface area contributed by atoms with Crippen LogP contribution in [0.25, 0.3) is 0 Å². The molecule has 3 nitrogen and oxygen atoms in total. The van der Waals surface area contributed by atoms with E-state index < -0.39 is 0 Å². The molecule has 0 saturated carbocycles. The fourth-order valence-corrected chi connectivity index (χ4v) is 2.99. The van der Waals surface area contributed by atoms with Crippen LogP contribution < -0.4 is 10.1 Å². The molecule has 1 aliphatic rings. The first kappa shape index (κ1) is 22.8. The lowest BCUT2D eigenvalue weighted by Crippen LogP contribution is -2.39. The van der Waals surface area contributed by atoms with Gasteiger partial charge in [-0.2, -0.15) is 0 Å². The van der Waals surface area contributed by atoms with Crippen LogP contribution in [0.3, 0.4) is 0 Å². The van der Waals surface area contributed by atoms with Crippen molar-refractivity contribution >= 4 is 36.4 Å². The third kappa shape index (κ3) is 9.02. The van der Waals surface area contributed by atoms with Gasteiger partial charge in [-0.25, -0.2) is 0 Å². The topological polar surface area (TPSA) is 24.5 Å². The van der Waals surface area contributed by atoms with Crippen LogP contribution in [0.15, 0.2) is 24.3 Å². The number of halogens is 3. The predicted molar refractivity (Wildman–Crippen MR) is 104 cm³/mol. The van der Waals surface area contributed by atoms with E-state index in [0.29, 0.717) is 6.04 Å². The van der Waals surface area contributed by atoms with Gasteiger partial charge in [0.05, 0.1) is 6.61 Å². The van der Waals surface area contributed by atoms with E-state index in [2.05, 4.69) is 24.3 Å². The molecule has 0 amide bonds. The van der Waals surface area contributed by atoms with Gasteiger partial charge in [-0.3, -0.25) is 0 Å². The van der Waals surface area contributed by atoms with Crippen molar-refractivity contribution in [1.29, 1.82) is 0 Å². The number of nitrogens with one attached hydrogen (secondary N) is 1. The monoisotopic (exact) mass is 382 g/mol. The highest BCUT2D eigenvalue weighted by Gasteiger charge is 2.21. The summed E-state index contributed by atoms with van der Waals surface area (Å²) in [5.41, 5.74) is 0. The van der Waals surface area contributed by atoms with Crippen LogP contribution in [-0.4, -0.2) is 44.7 Å². The van der Waals surface area contributed by atoms with Crippen molar-refractivity contribution < 1.29 is 4.74 Å². The van der Waals surface area contributed by atoms with Crippen LogP contribution >= 0.6 is 36.4 Å². The van der Waals surface area contributed by atoms with E-state index in [1.807, 2.05) is 24.3 Å². The summed E-state index contributed by atoms with van der Waals surface area (Å²) in [6.45, 7) is 3.10. The summed E-state index contributed by atoms with van der Waals surface area (Å²) in [4.78, 5) is 2.28. The highest BCUT2D eigenvalue weighted by Crippen LogP contribution is 2.22. The van der Waals surface area contributed by atoms with Gasteiger partial charge < -0.3 is 15.0 Å². The Bertz CT molecular complexity index is 415. The predicted octanol–water partition coefficient (Wildman–Crippen LogP) is 4.27. The molecule has 1 aliphatic heterocycles. The van der Waals surface area contributed by atoms with Crippen molar-refractivity contribution in [3.63, 3.8) is 0 Å². The fourth-order valence-electron chi connectivity index (χ4n) is 2.87. The molecule has 1 heterocycles. The van der Waals surface area contributed by atoms with Crippen molar-refractivity contribution in [3.8, 4) is 5.75 Å². The molecule has 2 unspecified atom stereocenters. The molecule has 1 saturated heterocycles. The summed E-state index contributed by atoms with van der Waals surface area (Å²) in [6, 6.07) is 8.19. The van der Waals surface area contributed by atoms with Gasteiger partial charge in [0.2, 0.25) is 0 Å². The summed E-state index contributed by atoms with van der Waals surface area (Å²) >= 11 is 5.87. The maximum atomic E-state index is 5.87. The first-order valence-corrected chi connectivity index (χ1v) is 8.28. The molecule has 6 heteroatoms. The van der Waals surface area contributed by atoms with E-state index >= 15 is 0 Å². The minimum absolute atomic E-state index is 0. The summed E-state index contributed by atoms with van der Waals surface area (Å²) in [6.07, 6.45) is 4.96. The Morgan fingerprint density at radius 2 is 1.87 bits per heavy atom. The summed E-state index contributed by atoms with van der Waals surface area (Å²) in [5, 5.41) is 4.37. The Kier molecular flexibility index (Phi) is 12.1. The van der Waals surface area contributed by atoms with Crippen LogP contribution in [-0.2, 0) is 0 Å². The summed E-state index contributed by atoms with van der Waals surface area (Å²) < 4.78 is 5.79. The molecular formula is C17H29Cl3N2O. The summed E-state index contributed by atoms with van der Waals surface area (Å²) in [5.74, 6) is 1.76. The second-order valence-corrected chi connectivity index (χ2v) is 6.66. The van der Waals surface area contributed by atoms with Crippen LogP contribution in [0.4, 0.5) is 0 Å². The van der Waals surface area contributed by atoms with Gasteiger partial charge >= 0.3 is 0 Å². The first-order valence-electron chi connectivity index (χ1n) is 7.90.